The molecule has 1 aliphatic rings. The standard InChI is InChI=1S/C9H11BrN4O/c1-4-3-5-6(10)12-9(11)14(2)7(5)13-8(4)15/h4,11H,3H2,1-2H3,(H,13,15). The summed E-state index contributed by atoms with van der Waals surface area (Å²) in [7, 11) is 1.72. The number of amides is 1. The van der Waals surface area contributed by atoms with Crippen LogP contribution in [0.15, 0.2) is 4.60 Å². The zero-order chi connectivity index (χ0) is 11.2. The SMILES string of the molecule is CC1Cc2c(Br)nc(=N)n(C)c2NC1=O. The average molecular weight is 271 g/mol. The van der Waals surface area contributed by atoms with E-state index >= 15 is 0 Å². The number of carbonyl (C=O) groups is 1. The van der Waals surface area contributed by atoms with E-state index in [1.807, 2.05) is 6.92 Å². The smallest absolute Gasteiger partial charge is 0.228 e. The molecule has 1 aliphatic heterocycles. The molecule has 0 bridgehead atoms. The number of anilines is 1. The largest absolute Gasteiger partial charge is 0.311 e. The maximum atomic E-state index is 11.5. The predicted octanol–water partition coefficient (Wildman–Crippen LogP) is 0.793. The lowest BCUT2D eigenvalue weighted by Crippen LogP contribution is -2.34. The van der Waals surface area contributed by atoms with Crippen molar-refractivity contribution in [2.45, 2.75) is 13.3 Å². The molecule has 2 N–H and O–H groups in total. The number of halogens is 1. The van der Waals surface area contributed by atoms with Gasteiger partial charge in [-0.15, -0.1) is 0 Å². The Balaban J connectivity index is 2.67. The molecule has 80 valence electrons. The molecular weight excluding hydrogens is 260 g/mol. The van der Waals surface area contributed by atoms with Gasteiger partial charge in [-0.05, 0) is 22.4 Å². The monoisotopic (exact) mass is 270 g/mol. The molecule has 2 heterocycles. The first-order valence-corrected chi connectivity index (χ1v) is 5.41. The number of nitrogens with zero attached hydrogens (tertiary/aromatic N) is 2. The van der Waals surface area contributed by atoms with E-state index in [1.54, 1.807) is 11.6 Å². The lowest BCUT2D eigenvalue weighted by atomic mass is 9.98. The number of aromatic nitrogens is 2. The molecule has 0 aliphatic carbocycles. The van der Waals surface area contributed by atoms with Crippen LogP contribution in [0.4, 0.5) is 5.82 Å². The van der Waals surface area contributed by atoms with Crippen LogP contribution in [0.3, 0.4) is 0 Å². The lowest BCUT2D eigenvalue weighted by Gasteiger charge is -2.24. The van der Waals surface area contributed by atoms with Gasteiger partial charge < -0.3 is 5.32 Å². The van der Waals surface area contributed by atoms with Crippen LogP contribution in [0, 0.1) is 11.3 Å². The molecule has 0 aromatic carbocycles. The molecule has 15 heavy (non-hydrogen) atoms. The highest BCUT2D eigenvalue weighted by Gasteiger charge is 2.26. The zero-order valence-corrected chi connectivity index (χ0v) is 10.1. The van der Waals surface area contributed by atoms with Gasteiger partial charge in [-0.3, -0.25) is 14.8 Å². The van der Waals surface area contributed by atoms with Crippen molar-refractivity contribution >= 4 is 27.7 Å². The molecule has 0 spiro atoms. The molecular formula is C9H11BrN4O. The molecule has 6 heteroatoms. The van der Waals surface area contributed by atoms with Crippen molar-refractivity contribution in [2.24, 2.45) is 13.0 Å². The molecule has 0 saturated heterocycles. The number of fused-ring (bicyclic) bond motifs is 1. The Bertz CT molecular complexity index is 494. The van der Waals surface area contributed by atoms with Gasteiger partial charge in [-0.1, -0.05) is 6.92 Å². The third kappa shape index (κ3) is 1.58. The van der Waals surface area contributed by atoms with Crippen LogP contribution in [0.5, 0.6) is 0 Å². The summed E-state index contributed by atoms with van der Waals surface area (Å²) < 4.78 is 2.22. The molecule has 5 nitrogen and oxygen atoms in total. The Morgan fingerprint density at radius 2 is 2.33 bits per heavy atom. The van der Waals surface area contributed by atoms with Crippen molar-refractivity contribution in [3.05, 3.63) is 15.8 Å². The van der Waals surface area contributed by atoms with Crippen molar-refractivity contribution in [1.82, 2.24) is 9.55 Å². The van der Waals surface area contributed by atoms with Gasteiger partial charge in [0.15, 0.2) is 0 Å². The second-order valence-electron chi connectivity index (χ2n) is 3.71. The van der Waals surface area contributed by atoms with E-state index in [0.29, 0.717) is 16.8 Å². The second kappa shape index (κ2) is 3.44. The van der Waals surface area contributed by atoms with Crippen molar-refractivity contribution < 1.29 is 4.79 Å². The number of rotatable bonds is 0. The molecule has 1 aromatic rings. The van der Waals surface area contributed by atoms with Crippen molar-refractivity contribution in [2.75, 3.05) is 5.32 Å². The van der Waals surface area contributed by atoms with Gasteiger partial charge in [0.25, 0.3) is 0 Å². The van der Waals surface area contributed by atoms with Gasteiger partial charge >= 0.3 is 0 Å². The van der Waals surface area contributed by atoms with E-state index in [0.717, 1.165) is 5.56 Å². The Morgan fingerprint density at radius 3 is 3.00 bits per heavy atom. The second-order valence-corrected chi connectivity index (χ2v) is 4.46. The predicted molar refractivity (Wildman–Crippen MR) is 58.3 cm³/mol. The summed E-state index contributed by atoms with van der Waals surface area (Å²) in [5.74, 6) is 0.618. The highest BCUT2D eigenvalue weighted by atomic mass is 79.9. The number of nitrogens with one attached hydrogen (secondary N) is 2. The Hall–Kier alpha value is -1.17. The number of hydrogen-bond donors (Lipinski definition) is 2. The maximum Gasteiger partial charge on any atom is 0.228 e. The summed E-state index contributed by atoms with van der Waals surface area (Å²) in [6.07, 6.45) is 0.656. The van der Waals surface area contributed by atoms with Gasteiger partial charge in [0, 0.05) is 18.5 Å². The first kappa shape index (κ1) is 10.4. The van der Waals surface area contributed by atoms with Crippen LogP contribution in [-0.4, -0.2) is 15.5 Å². The van der Waals surface area contributed by atoms with Gasteiger partial charge in [-0.25, -0.2) is 4.98 Å². The Morgan fingerprint density at radius 1 is 1.67 bits per heavy atom. The molecule has 1 unspecified atom stereocenters. The van der Waals surface area contributed by atoms with Crippen LogP contribution in [0.1, 0.15) is 12.5 Å². The first-order valence-electron chi connectivity index (χ1n) is 4.61. The molecule has 1 atom stereocenters. The quantitative estimate of drug-likeness (QED) is 0.685. The summed E-state index contributed by atoms with van der Waals surface area (Å²) >= 11 is 3.32. The molecule has 2 rings (SSSR count). The summed E-state index contributed by atoms with van der Waals surface area (Å²) in [6, 6.07) is 0. The van der Waals surface area contributed by atoms with Crippen molar-refractivity contribution in [3.63, 3.8) is 0 Å². The van der Waals surface area contributed by atoms with Gasteiger partial charge in [0.2, 0.25) is 11.5 Å². The van der Waals surface area contributed by atoms with E-state index in [9.17, 15) is 4.79 Å². The number of carbonyl (C=O) groups excluding carboxylic acids is 1. The summed E-state index contributed by atoms with van der Waals surface area (Å²) in [4.78, 5) is 15.6. The third-order valence-corrected chi connectivity index (χ3v) is 3.25. The summed E-state index contributed by atoms with van der Waals surface area (Å²) in [5.41, 5.74) is 1.08. The fourth-order valence-electron chi connectivity index (χ4n) is 1.62. The highest BCUT2D eigenvalue weighted by molar-refractivity contribution is 9.10. The van der Waals surface area contributed by atoms with E-state index < -0.39 is 0 Å². The molecule has 0 radical (unpaired) electrons. The van der Waals surface area contributed by atoms with E-state index in [4.69, 9.17) is 5.41 Å². The van der Waals surface area contributed by atoms with Gasteiger partial charge in [0.05, 0.1) is 0 Å². The van der Waals surface area contributed by atoms with E-state index in [-0.39, 0.29) is 17.4 Å². The van der Waals surface area contributed by atoms with Crippen molar-refractivity contribution in [1.29, 1.82) is 5.41 Å². The fraction of sp³-hybridized carbons (Fsp3) is 0.444. The van der Waals surface area contributed by atoms with Crippen LogP contribution in [-0.2, 0) is 18.3 Å². The zero-order valence-electron chi connectivity index (χ0n) is 8.47. The van der Waals surface area contributed by atoms with E-state index in [1.165, 1.54) is 0 Å². The summed E-state index contributed by atoms with van der Waals surface area (Å²) in [6.45, 7) is 1.87. The minimum atomic E-state index is -0.0489. The molecule has 1 amide bonds. The average Bonchev–Trinajstić information content (AvgIpc) is 2.18. The lowest BCUT2D eigenvalue weighted by molar-refractivity contribution is -0.119. The topological polar surface area (TPSA) is 70.8 Å². The minimum absolute atomic E-state index is 0.00407. The minimum Gasteiger partial charge on any atom is -0.311 e. The molecule has 0 saturated carbocycles. The Kier molecular flexibility index (Phi) is 2.38. The van der Waals surface area contributed by atoms with Gasteiger partial charge in [0.1, 0.15) is 10.4 Å². The summed E-state index contributed by atoms with van der Waals surface area (Å²) in [5, 5.41) is 10.4. The Labute approximate surface area is 95.2 Å². The fourth-order valence-corrected chi connectivity index (χ4v) is 2.14. The molecule has 0 fully saturated rings. The van der Waals surface area contributed by atoms with Crippen LogP contribution in [0.25, 0.3) is 0 Å². The highest BCUT2D eigenvalue weighted by Crippen LogP contribution is 2.28. The van der Waals surface area contributed by atoms with Crippen LogP contribution >= 0.6 is 15.9 Å². The van der Waals surface area contributed by atoms with Crippen LogP contribution < -0.4 is 10.9 Å². The first-order chi connectivity index (χ1) is 7.00. The number of hydrogen-bond acceptors (Lipinski definition) is 3. The maximum absolute atomic E-state index is 11.5. The normalized spacial score (nSPS) is 19.7. The van der Waals surface area contributed by atoms with Crippen LogP contribution in [0.2, 0.25) is 0 Å². The van der Waals surface area contributed by atoms with Gasteiger partial charge in [-0.2, -0.15) is 0 Å². The molecule has 1 aromatic heterocycles. The van der Waals surface area contributed by atoms with Crippen molar-refractivity contribution in [3.8, 4) is 0 Å². The third-order valence-electron chi connectivity index (χ3n) is 2.59. The van der Waals surface area contributed by atoms with E-state index in [2.05, 4.69) is 26.2 Å².